The third-order valence-electron chi connectivity index (χ3n) is 5.53. The molecule has 1 heterocycles. The first-order valence-electron chi connectivity index (χ1n) is 10.2. The Kier molecular flexibility index (Phi) is 6.42. The number of carbonyl (C=O) groups is 1. The van der Waals surface area contributed by atoms with Crippen LogP contribution in [0.25, 0.3) is 17.2 Å². The van der Waals surface area contributed by atoms with Crippen LogP contribution in [0.1, 0.15) is 35.6 Å². The molecule has 0 saturated heterocycles. The van der Waals surface area contributed by atoms with Crippen molar-refractivity contribution >= 4 is 33.9 Å². The van der Waals surface area contributed by atoms with Gasteiger partial charge < -0.3 is 5.32 Å². The molecule has 2 aromatic carbocycles. The van der Waals surface area contributed by atoms with Crippen LogP contribution in [0.15, 0.2) is 77.5 Å². The summed E-state index contributed by atoms with van der Waals surface area (Å²) in [5, 5.41) is 2.92. The number of pyridine rings is 1. The minimum absolute atomic E-state index is 0.130. The van der Waals surface area contributed by atoms with E-state index in [4.69, 9.17) is 0 Å². The topological polar surface area (TPSA) is 59.1 Å². The number of nitrogens with one attached hydrogen (secondary N) is 1. The first kappa shape index (κ1) is 21.8. The van der Waals surface area contributed by atoms with Gasteiger partial charge in [-0.05, 0) is 82.3 Å². The molecule has 0 radical (unpaired) electrons. The van der Waals surface area contributed by atoms with Gasteiger partial charge in [0.2, 0.25) is 5.91 Å². The van der Waals surface area contributed by atoms with Gasteiger partial charge in [0.15, 0.2) is 0 Å². The Balaban J connectivity index is 1.62. The van der Waals surface area contributed by atoms with Crippen molar-refractivity contribution in [3.63, 3.8) is 0 Å². The highest BCUT2D eigenvalue weighted by atomic mass is 32.2. The number of benzene rings is 2. The number of rotatable bonds is 6. The van der Waals surface area contributed by atoms with Crippen LogP contribution in [-0.2, 0) is 22.1 Å². The smallest absolute Gasteiger partial charge is 0.224 e. The highest BCUT2D eigenvalue weighted by molar-refractivity contribution is 7.84. The number of aromatic nitrogens is 1. The van der Waals surface area contributed by atoms with E-state index in [9.17, 15) is 13.4 Å². The third kappa shape index (κ3) is 4.75. The van der Waals surface area contributed by atoms with Crippen molar-refractivity contribution in [2.24, 2.45) is 0 Å². The van der Waals surface area contributed by atoms with Gasteiger partial charge in [-0.3, -0.25) is 14.0 Å². The highest BCUT2D eigenvalue weighted by Gasteiger charge is 2.25. The number of halogens is 1. The summed E-state index contributed by atoms with van der Waals surface area (Å²) in [5.41, 5.74) is 6.25. The van der Waals surface area contributed by atoms with Gasteiger partial charge in [-0.25, -0.2) is 4.39 Å². The number of amides is 1. The van der Waals surface area contributed by atoms with Crippen molar-refractivity contribution in [1.29, 1.82) is 0 Å². The summed E-state index contributed by atoms with van der Waals surface area (Å²) in [6, 6.07) is 15.9. The first-order valence-corrected chi connectivity index (χ1v) is 11.8. The van der Waals surface area contributed by atoms with Crippen LogP contribution in [0, 0.1) is 5.82 Å². The van der Waals surface area contributed by atoms with Crippen LogP contribution in [0.4, 0.5) is 4.39 Å². The van der Waals surface area contributed by atoms with Crippen LogP contribution in [0.5, 0.6) is 0 Å². The average molecular weight is 447 g/mol. The average Bonchev–Trinajstić information content (AvgIpc) is 3.04. The molecule has 32 heavy (non-hydrogen) atoms. The molecule has 1 aliphatic rings. The zero-order chi connectivity index (χ0) is 22.7. The van der Waals surface area contributed by atoms with E-state index in [1.165, 1.54) is 12.1 Å². The Morgan fingerprint density at radius 3 is 2.59 bits per heavy atom. The maximum atomic E-state index is 14.1. The SMILES string of the molecule is CC1=C(CC(=O)NCc2cccnc2)c2cc(F)ccc2/C1=C/c1ccc([S@@](C)=O)cc1. The van der Waals surface area contributed by atoms with E-state index in [1.54, 1.807) is 24.7 Å². The van der Waals surface area contributed by atoms with Crippen LogP contribution in [0.3, 0.4) is 0 Å². The van der Waals surface area contributed by atoms with E-state index in [-0.39, 0.29) is 18.1 Å². The van der Waals surface area contributed by atoms with Crippen LogP contribution < -0.4 is 5.32 Å². The van der Waals surface area contributed by atoms with Crippen molar-refractivity contribution in [1.82, 2.24) is 10.3 Å². The molecule has 0 fully saturated rings. The van der Waals surface area contributed by atoms with E-state index in [2.05, 4.69) is 10.3 Å². The second-order valence-electron chi connectivity index (χ2n) is 7.69. The van der Waals surface area contributed by atoms with E-state index in [0.717, 1.165) is 43.9 Å². The van der Waals surface area contributed by atoms with E-state index in [1.807, 2.05) is 49.4 Å². The molecule has 1 amide bonds. The Morgan fingerprint density at radius 1 is 1.12 bits per heavy atom. The molecule has 0 spiro atoms. The van der Waals surface area contributed by atoms with Gasteiger partial charge in [0.1, 0.15) is 5.82 Å². The van der Waals surface area contributed by atoms with E-state index < -0.39 is 10.8 Å². The van der Waals surface area contributed by atoms with E-state index in [0.29, 0.717) is 6.54 Å². The van der Waals surface area contributed by atoms with Crippen molar-refractivity contribution in [2.75, 3.05) is 6.26 Å². The van der Waals surface area contributed by atoms with Crippen molar-refractivity contribution in [2.45, 2.75) is 24.8 Å². The van der Waals surface area contributed by atoms with Gasteiger partial charge in [-0.15, -0.1) is 0 Å². The number of fused-ring (bicyclic) bond motifs is 1. The van der Waals surface area contributed by atoms with Crippen molar-refractivity contribution in [3.8, 4) is 0 Å². The molecule has 4 rings (SSSR count). The summed E-state index contributed by atoms with van der Waals surface area (Å²) in [6.07, 6.45) is 7.23. The molecule has 4 nitrogen and oxygen atoms in total. The molecule has 1 aromatic heterocycles. The molecule has 162 valence electrons. The number of nitrogens with zero attached hydrogens (tertiary/aromatic N) is 1. The molecular formula is C26H23FN2O2S. The largest absolute Gasteiger partial charge is 0.352 e. The molecule has 1 atom stereocenters. The molecule has 3 aromatic rings. The summed E-state index contributed by atoms with van der Waals surface area (Å²) < 4.78 is 25.7. The maximum absolute atomic E-state index is 14.1. The lowest BCUT2D eigenvalue weighted by Crippen LogP contribution is -2.22. The monoisotopic (exact) mass is 446 g/mol. The normalized spacial score (nSPS) is 15.0. The molecule has 0 saturated carbocycles. The predicted octanol–water partition coefficient (Wildman–Crippen LogP) is 4.99. The number of carbonyl (C=O) groups excluding carboxylic acids is 1. The summed E-state index contributed by atoms with van der Waals surface area (Å²) in [7, 11) is -1.04. The van der Waals surface area contributed by atoms with E-state index >= 15 is 0 Å². The number of allylic oxidation sites excluding steroid dienone is 2. The van der Waals surface area contributed by atoms with Crippen LogP contribution in [0.2, 0.25) is 0 Å². The third-order valence-corrected chi connectivity index (χ3v) is 6.46. The van der Waals surface area contributed by atoms with Gasteiger partial charge in [-0.2, -0.15) is 0 Å². The summed E-state index contributed by atoms with van der Waals surface area (Å²) in [4.78, 5) is 17.5. The van der Waals surface area contributed by atoms with Crippen LogP contribution >= 0.6 is 0 Å². The lowest BCUT2D eigenvalue weighted by atomic mass is 10.0. The molecule has 1 N–H and O–H groups in total. The van der Waals surface area contributed by atoms with Gasteiger partial charge in [0, 0.05) is 40.9 Å². The first-order chi connectivity index (χ1) is 15.4. The molecule has 0 bridgehead atoms. The number of hydrogen-bond donors (Lipinski definition) is 1. The Hall–Kier alpha value is -3.38. The minimum atomic E-state index is -1.04. The number of hydrogen-bond acceptors (Lipinski definition) is 3. The zero-order valence-corrected chi connectivity index (χ0v) is 18.7. The fraction of sp³-hybridized carbons (Fsp3) is 0.154. The molecular weight excluding hydrogens is 423 g/mol. The second kappa shape index (κ2) is 9.40. The Bertz CT molecular complexity index is 1250. The Labute approximate surface area is 189 Å². The van der Waals surface area contributed by atoms with Gasteiger partial charge in [0.05, 0.1) is 6.42 Å². The zero-order valence-electron chi connectivity index (χ0n) is 17.9. The van der Waals surface area contributed by atoms with Crippen LogP contribution in [-0.4, -0.2) is 21.4 Å². The molecule has 0 aliphatic heterocycles. The lowest BCUT2D eigenvalue weighted by molar-refractivity contribution is -0.120. The standard InChI is InChI=1S/C26H23FN2O2S/c1-17-23(12-18-5-8-21(9-6-18)32(2)31)22-10-7-20(27)13-25(22)24(17)14-26(30)29-16-19-4-3-11-28-15-19/h3-13,15H,14,16H2,1-2H3,(H,29,30)/b23-12+/t32-/m1/s1. The fourth-order valence-electron chi connectivity index (χ4n) is 3.83. The predicted molar refractivity (Wildman–Crippen MR) is 126 cm³/mol. The van der Waals surface area contributed by atoms with Gasteiger partial charge in [-0.1, -0.05) is 24.3 Å². The van der Waals surface area contributed by atoms with Gasteiger partial charge >= 0.3 is 0 Å². The molecule has 1 aliphatic carbocycles. The quantitative estimate of drug-likeness (QED) is 0.580. The molecule has 6 heteroatoms. The Morgan fingerprint density at radius 2 is 1.91 bits per heavy atom. The summed E-state index contributed by atoms with van der Waals surface area (Å²) in [6.45, 7) is 2.35. The van der Waals surface area contributed by atoms with Crippen molar-refractivity contribution in [3.05, 3.63) is 101 Å². The molecule has 0 unspecified atom stereocenters. The lowest BCUT2D eigenvalue weighted by Gasteiger charge is -2.08. The minimum Gasteiger partial charge on any atom is -0.352 e. The fourth-order valence-corrected chi connectivity index (χ4v) is 4.35. The second-order valence-corrected chi connectivity index (χ2v) is 9.07. The van der Waals surface area contributed by atoms with Crippen molar-refractivity contribution < 1.29 is 13.4 Å². The maximum Gasteiger partial charge on any atom is 0.224 e. The highest BCUT2D eigenvalue weighted by Crippen LogP contribution is 2.43. The van der Waals surface area contributed by atoms with Gasteiger partial charge in [0.25, 0.3) is 0 Å². The summed E-state index contributed by atoms with van der Waals surface area (Å²) in [5.74, 6) is -0.463. The summed E-state index contributed by atoms with van der Waals surface area (Å²) >= 11 is 0.